The summed E-state index contributed by atoms with van der Waals surface area (Å²) in [6.45, 7) is -0.354. The standard InChI is InChI=1S/C11H23BN4O6S.CH4/c13-8-4-9(8)15-23(21,22)16-5-7(2-1-3-12(19)20)11(14,6-16)10(17)18;/h7-9,15,19-20H,1-6,13-14H2,(H,17,18);1H4/t7-,8+,9+,11-;/m0./s1. The molecule has 10 nitrogen and oxygen atoms in total. The average molecular weight is 366 g/mol. The Kier molecular flexibility index (Phi) is 6.78. The van der Waals surface area contributed by atoms with E-state index in [1.165, 1.54) is 0 Å². The third kappa shape index (κ3) is 4.66. The van der Waals surface area contributed by atoms with Gasteiger partial charge in [0.2, 0.25) is 0 Å². The molecule has 1 aliphatic heterocycles. The zero-order valence-electron chi connectivity index (χ0n) is 12.6. The summed E-state index contributed by atoms with van der Waals surface area (Å²) < 4.78 is 28.1. The van der Waals surface area contributed by atoms with Crippen molar-refractivity contribution in [2.24, 2.45) is 17.4 Å². The smallest absolute Gasteiger partial charge is 0.451 e. The second-order valence-corrected chi connectivity index (χ2v) is 8.08. The van der Waals surface area contributed by atoms with Gasteiger partial charge in [-0.05, 0) is 19.2 Å². The molecule has 2 aliphatic rings. The van der Waals surface area contributed by atoms with Crippen LogP contribution in [0.15, 0.2) is 0 Å². The van der Waals surface area contributed by atoms with Gasteiger partial charge in [-0.3, -0.25) is 4.79 Å². The number of carbonyl (C=O) groups is 1. The zero-order chi connectivity index (χ0) is 17.4. The molecule has 4 atom stereocenters. The van der Waals surface area contributed by atoms with Crippen molar-refractivity contribution in [2.75, 3.05) is 13.1 Å². The largest absolute Gasteiger partial charge is 0.480 e. The number of carboxylic acids is 1. The lowest BCUT2D eigenvalue weighted by Crippen LogP contribution is -2.55. The number of nitrogens with one attached hydrogen (secondary N) is 1. The quantitative estimate of drug-likeness (QED) is 0.256. The molecule has 12 heteroatoms. The lowest BCUT2D eigenvalue weighted by Gasteiger charge is -2.25. The molecule has 0 amide bonds. The zero-order valence-corrected chi connectivity index (χ0v) is 13.4. The highest BCUT2D eigenvalue weighted by molar-refractivity contribution is 7.87. The summed E-state index contributed by atoms with van der Waals surface area (Å²) >= 11 is 0. The predicted octanol–water partition coefficient (Wildman–Crippen LogP) is -2.48. The maximum Gasteiger partial charge on any atom is 0.451 e. The number of aliphatic carboxylic acids is 1. The molecule has 140 valence electrons. The van der Waals surface area contributed by atoms with Gasteiger partial charge < -0.3 is 26.6 Å². The molecule has 8 N–H and O–H groups in total. The van der Waals surface area contributed by atoms with Crippen molar-refractivity contribution in [3.05, 3.63) is 0 Å². The maximum absolute atomic E-state index is 12.3. The van der Waals surface area contributed by atoms with Crippen LogP contribution in [0.2, 0.25) is 6.32 Å². The van der Waals surface area contributed by atoms with Crippen molar-refractivity contribution in [1.29, 1.82) is 0 Å². The topological polar surface area (TPSA) is 179 Å². The molecule has 2 fully saturated rings. The molecule has 1 heterocycles. The number of nitrogens with two attached hydrogens (primary N) is 2. The Balaban J connectivity index is 0.00000288. The Morgan fingerprint density at radius 1 is 1.42 bits per heavy atom. The van der Waals surface area contributed by atoms with Gasteiger partial charge in [-0.1, -0.05) is 13.8 Å². The molecule has 0 aromatic carbocycles. The monoisotopic (exact) mass is 366 g/mol. The molecular weight excluding hydrogens is 339 g/mol. The van der Waals surface area contributed by atoms with Crippen LogP contribution in [0.25, 0.3) is 0 Å². The van der Waals surface area contributed by atoms with Crippen LogP contribution in [0.1, 0.15) is 26.7 Å². The summed E-state index contributed by atoms with van der Waals surface area (Å²) in [5, 5.41) is 27.1. The summed E-state index contributed by atoms with van der Waals surface area (Å²) in [5.41, 5.74) is 9.83. The van der Waals surface area contributed by atoms with Crippen molar-refractivity contribution in [1.82, 2.24) is 9.03 Å². The predicted molar refractivity (Wildman–Crippen MR) is 89.0 cm³/mol. The Hall–Kier alpha value is -0.755. The van der Waals surface area contributed by atoms with E-state index >= 15 is 0 Å². The number of carboxylic acid groups (broad SMARTS) is 1. The SMILES string of the molecule is C.N[C@@H]1C[C@H]1NS(=O)(=O)N1C[C@H](CCCB(O)O)[C@](N)(C(=O)O)C1. The first-order valence-electron chi connectivity index (χ1n) is 7.47. The van der Waals surface area contributed by atoms with Gasteiger partial charge in [-0.25, -0.2) is 0 Å². The lowest BCUT2D eigenvalue weighted by molar-refractivity contribution is -0.144. The van der Waals surface area contributed by atoms with Crippen molar-refractivity contribution in [3.8, 4) is 0 Å². The first-order chi connectivity index (χ1) is 10.6. The maximum atomic E-state index is 12.3. The van der Waals surface area contributed by atoms with Crippen LogP contribution in [-0.4, -0.2) is 71.7 Å². The van der Waals surface area contributed by atoms with E-state index in [0.29, 0.717) is 12.8 Å². The molecule has 0 aromatic heterocycles. The number of hydrogen-bond donors (Lipinski definition) is 6. The molecule has 0 unspecified atom stereocenters. The van der Waals surface area contributed by atoms with Crippen molar-refractivity contribution >= 4 is 23.3 Å². The fourth-order valence-electron chi connectivity index (χ4n) is 2.83. The van der Waals surface area contributed by atoms with Gasteiger partial charge in [-0.2, -0.15) is 17.4 Å². The van der Waals surface area contributed by atoms with Crippen LogP contribution in [0.3, 0.4) is 0 Å². The normalized spacial score (nSPS) is 33.1. The van der Waals surface area contributed by atoms with Gasteiger partial charge in [0.15, 0.2) is 0 Å². The summed E-state index contributed by atoms with van der Waals surface area (Å²) in [4.78, 5) is 11.5. The minimum atomic E-state index is -3.85. The van der Waals surface area contributed by atoms with E-state index in [-0.39, 0.29) is 45.3 Å². The minimum Gasteiger partial charge on any atom is -0.480 e. The molecule has 0 aromatic rings. The molecule has 1 aliphatic carbocycles. The van der Waals surface area contributed by atoms with E-state index in [2.05, 4.69) is 4.72 Å². The summed E-state index contributed by atoms with van der Waals surface area (Å²) in [6, 6.07) is -0.531. The van der Waals surface area contributed by atoms with E-state index in [9.17, 15) is 18.3 Å². The van der Waals surface area contributed by atoms with E-state index in [1.807, 2.05) is 0 Å². The number of rotatable bonds is 8. The second kappa shape index (κ2) is 7.64. The van der Waals surface area contributed by atoms with E-state index in [1.54, 1.807) is 0 Å². The van der Waals surface area contributed by atoms with E-state index in [4.69, 9.17) is 21.5 Å². The van der Waals surface area contributed by atoms with Gasteiger partial charge in [0, 0.05) is 31.1 Å². The lowest BCUT2D eigenvalue weighted by atomic mass is 9.78. The van der Waals surface area contributed by atoms with Crippen molar-refractivity contribution in [3.63, 3.8) is 0 Å². The van der Waals surface area contributed by atoms with Crippen LogP contribution in [0.4, 0.5) is 0 Å². The highest BCUT2D eigenvalue weighted by atomic mass is 32.2. The van der Waals surface area contributed by atoms with Gasteiger partial charge in [0.1, 0.15) is 5.54 Å². The van der Waals surface area contributed by atoms with Crippen molar-refractivity contribution < 1.29 is 28.4 Å². The Bertz CT molecular complexity index is 562. The third-order valence-electron chi connectivity index (χ3n) is 4.48. The van der Waals surface area contributed by atoms with Crippen LogP contribution in [0, 0.1) is 5.92 Å². The number of nitrogens with zero attached hydrogens (tertiary/aromatic N) is 1. The molecule has 0 bridgehead atoms. The first-order valence-corrected chi connectivity index (χ1v) is 8.91. The van der Waals surface area contributed by atoms with Crippen LogP contribution < -0.4 is 16.2 Å². The first kappa shape index (κ1) is 21.3. The van der Waals surface area contributed by atoms with Crippen molar-refractivity contribution in [2.45, 2.75) is 50.6 Å². The van der Waals surface area contributed by atoms with E-state index in [0.717, 1.165) is 4.31 Å². The van der Waals surface area contributed by atoms with Crippen LogP contribution in [0.5, 0.6) is 0 Å². The Morgan fingerprint density at radius 3 is 2.46 bits per heavy atom. The Labute approximate surface area is 142 Å². The number of hydrogen-bond acceptors (Lipinski definition) is 7. The van der Waals surface area contributed by atoms with E-state index < -0.39 is 34.8 Å². The summed E-state index contributed by atoms with van der Waals surface area (Å²) in [6.07, 6.45) is 1.25. The van der Waals surface area contributed by atoms with Gasteiger partial charge >= 0.3 is 13.1 Å². The van der Waals surface area contributed by atoms with Crippen LogP contribution >= 0.6 is 0 Å². The van der Waals surface area contributed by atoms with Gasteiger partial charge in [0.05, 0.1) is 0 Å². The third-order valence-corrected chi connectivity index (χ3v) is 6.04. The fraction of sp³-hybridized carbons (Fsp3) is 0.917. The van der Waals surface area contributed by atoms with Gasteiger partial charge in [0.25, 0.3) is 10.2 Å². The molecule has 0 spiro atoms. The highest BCUT2D eigenvalue weighted by Gasteiger charge is 2.53. The molecule has 2 rings (SSSR count). The minimum absolute atomic E-state index is 0. The van der Waals surface area contributed by atoms with Crippen LogP contribution in [-0.2, 0) is 15.0 Å². The molecule has 1 saturated carbocycles. The average Bonchev–Trinajstić information content (AvgIpc) is 2.96. The molecular formula is C12H27BN4O6S. The molecule has 24 heavy (non-hydrogen) atoms. The Morgan fingerprint density at radius 2 is 2.00 bits per heavy atom. The summed E-state index contributed by atoms with van der Waals surface area (Å²) in [5.74, 6) is -1.88. The highest BCUT2D eigenvalue weighted by Crippen LogP contribution is 2.32. The molecule has 1 saturated heterocycles. The second-order valence-electron chi connectivity index (χ2n) is 6.38. The summed E-state index contributed by atoms with van der Waals surface area (Å²) in [7, 11) is -5.33. The fourth-order valence-corrected chi connectivity index (χ4v) is 4.39. The molecule has 0 radical (unpaired) electrons. The van der Waals surface area contributed by atoms with Gasteiger partial charge in [-0.15, -0.1) is 0 Å².